The molecule has 2 aliphatic heterocycles. The Hall–Kier alpha value is -0.0400. The van der Waals surface area contributed by atoms with Crippen molar-refractivity contribution in [1.29, 1.82) is 0 Å². The van der Waals surface area contributed by atoms with Crippen molar-refractivity contribution in [1.82, 2.24) is 4.90 Å². The Balaban J connectivity index is 1.99. The van der Waals surface area contributed by atoms with Crippen LogP contribution in [0.2, 0.25) is 0 Å². The number of rotatable bonds is 3. The van der Waals surface area contributed by atoms with Crippen LogP contribution in [0, 0.1) is 5.92 Å². The summed E-state index contributed by atoms with van der Waals surface area (Å²) in [6.45, 7) is 6.10. The van der Waals surface area contributed by atoms with Gasteiger partial charge in [-0.15, -0.1) is 0 Å². The number of hydrogen-bond donors (Lipinski definition) is 0. The molecule has 0 spiro atoms. The van der Waals surface area contributed by atoms with Crippen LogP contribution in [0.25, 0.3) is 0 Å². The summed E-state index contributed by atoms with van der Waals surface area (Å²) in [5.41, 5.74) is 0. The molecule has 0 aromatic heterocycles. The number of hydrogen-bond acceptors (Lipinski definition) is 1. The second-order valence-corrected chi connectivity index (χ2v) is 4.84. The predicted molar refractivity (Wildman–Crippen MR) is 56.8 cm³/mol. The highest BCUT2D eigenvalue weighted by molar-refractivity contribution is 4.90. The summed E-state index contributed by atoms with van der Waals surface area (Å²) in [6.07, 6.45) is 8.70. The minimum Gasteiger partial charge on any atom is -0.297 e. The molecule has 0 radical (unpaired) electrons. The molecule has 3 aliphatic rings. The van der Waals surface area contributed by atoms with Crippen molar-refractivity contribution in [2.75, 3.05) is 6.54 Å². The van der Waals surface area contributed by atoms with Crippen molar-refractivity contribution in [2.45, 2.75) is 64.5 Å². The number of piperidine rings is 2. The van der Waals surface area contributed by atoms with E-state index >= 15 is 0 Å². The minimum atomic E-state index is 0.882. The van der Waals surface area contributed by atoms with E-state index in [4.69, 9.17) is 0 Å². The van der Waals surface area contributed by atoms with E-state index in [2.05, 4.69) is 18.7 Å². The first-order valence-electron chi connectivity index (χ1n) is 6.10. The van der Waals surface area contributed by atoms with Crippen LogP contribution in [-0.4, -0.2) is 23.5 Å². The van der Waals surface area contributed by atoms with Gasteiger partial charge in [0.25, 0.3) is 0 Å². The molecule has 2 bridgehead atoms. The van der Waals surface area contributed by atoms with Gasteiger partial charge in [0.05, 0.1) is 0 Å². The van der Waals surface area contributed by atoms with Crippen LogP contribution in [0.4, 0.5) is 0 Å². The molecule has 1 nitrogen and oxygen atoms in total. The Labute approximate surface area is 82.5 Å². The van der Waals surface area contributed by atoms with E-state index in [1.807, 2.05) is 0 Å². The first-order valence-corrected chi connectivity index (χ1v) is 6.10. The van der Waals surface area contributed by atoms with Crippen molar-refractivity contribution in [3.05, 3.63) is 0 Å². The third-order valence-corrected chi connectivity index (χ3v) is 4.17. The summed E-state index contributed by atoms with van der Waals surface area (Å²) in [5, 5.41) is 0. The topological polar surface area (TPSA) is 3.24 Å². The molecule has 2 saturated heterocycles. The number of nitrogens with zero attached hydrogens (tertiary/aromatic N) is 1. The first-order chi connectivity index (χ1) is 6.35. The Morgan fingerprint density at radius 3 is 2.08 bits per heavy atom. The molecule has 0 N–H and O–H groups in total. The van der Waals surface area contributed by atoms with E-state index in [0.717, 1.165) is 18.0 Å². The fourth-order valence-electron chi connectivity index (χ4n) is 3.31. The maximum absolute atomic E-state index is 2.82. The van der Waals surface area contributed by atoms with Gasteiger partial charge in [0.1, 0.15) is 0 Å². The molecule has 1 saturated carbocycles. The molecule has 1 heteroatoms. The standard InChI is InChI=1S/C12H23N/c1-3-11(4-2)13-9-10-5-7-12(13)8-6-10/h10-12H,3-9H2,1-2H3. The van der Waals surface area contributed by atoms with Gasteiger partial charge in [0, 0.05) is 18.6 Å². The monoisotopic (exact) mass is 181 g/mol. The maximum atomic E-state index is 2.82. The van der Waals surface area contributed by atoms with E-state index in [9.17, 15) is 0 Å². The highest BCUT2D eigenvalue weighted by atomic mass is 15.2. The summed E-state index contributed by atoms with van der Waals surface area (Å²) in [4.78, 5) is 2.82. The molecular formula is C12H23N. The lowest BCUT2D eigenvalue weighted by molar-refractivity contribution is 0.0111. The highest BCUT2D eigenvalue weighted by Gasteiger charge is 2.35. The SMILES string of the molecule is CCC(CC)N1CC2CCC1CC2. The number of fused-ring (bicyclic) bond motifs is 3. The quantitative estimate of drug-likeness (QED) is 0.647. The van der Waals surface area contributed by atoms with Crippen molar-refractivity contribution in [3.8, 4) is 0 Å². The van der Waals surface area contributed by atoms with Crippen molar-refractivity contribution in [2.24, 2.45) is 5.92 Å². The molecule has 0 atom stereocenters. The van der Waals surface area contributed by atoms with Crippen LogP contribution in [0.1, 0.15) is 52.4 Å². The van der Waals surface area contributed by atoms with Crippen LogP contribution in [-0.2, 0) is 0 Å². The van der Waals surface area contributed by atoms with Crippen LogP contribution < -0.4 is 0 Å². The third kappa shape index (κ3) is 1.76. The zero-order valence-electron chi connectivity index (χ0n) is 9.13. The van der Waals surface area contributed by atoms with Crippen LogP contribution in [0.5, 0.6) is 0 Å². The molecule has 3 fully saturated rings. The van der Waals surface area contributed by atoms with E-state index in [-0.39, 0.29) is 0 Å². The Bertz CT molecular complexity index is 153. The zero-order valence-corrected chi connectivity index (χ0v) is 9.13. The zero-order chi connectivity index (χ0) is 9.26. The first kappa shape index (κ1) is 9.51. The maximum Gasteiger partial charge on any atom is 0.00985 e. The molecule has 2 heterocycles. The summed E-state index contributed by atoms with van der Waals surface area (Å²) in [5.74, 6) is 1.05. The molecule has 0 aromatic carbocycles. The predicted octanol–water partition coefficient (Wildman–Crippen LogP) is 3.05. The second-order valence-electron chi connectivity index (χ2n) is 4.84. The molecule has 0 aromatic rings. The summed E-state index contributed by atoms with van der Waals surface area (Å²) < 4.78 is 0. The van der Waals surface area contributed by atoms with Gasteiger partial charge in [-0.1, -0.05) is 13.8 Å². The lowest BCUT2D eigenvalue weighted by Gasteiger charge is -2.48. The molecule has 13 heavy (non-hydrogen) atoms. The fourth-order valence-corrected chi connectivity index (χ4v) is 3.31. The smallest absolute Gasteiger partial charge is 0.00985 e. The van der Waals surface area contributed by atoms with E-state index in [1.165, 1.54) is 45.1 Å². The summed E-state index contributed by atoms with van der Waals surface area (Å²) >= 11 is 0. The Morgan fingerprint density at radius 2 is 1.69 bits per heavy atom. The van der Waals surface area contributed by atoms with E-state index < -0.39 is 0 Å². The molecule has 3 rings (SSSR count). The normalized spacial score (nSPS) is 34.4. The van der Waals surface area contributed by atoms with Crippen molar-refractivity contribution in [3.63, 3.8) is 0 Å². The largest absolute Gasteiger partial charge is 0.297 e. The minimum absolute atomic E-state index is 0.882. The highest BCUT2D eigenvalue weighted by Crippen LogP contribution is 2.36. The summed E-state index contributed by atoms with van der Waals surface area (Å²) in [6, 6.07) is 1.84. The van der Waals surface area contributed by atoms with Gasteiger partial charge in [-0.3, -0.25) is 4.90 Å². The molecule has 1 aliphatic carbocycles. The van der Waals surface area contributed by atoms with Crippen LogP contribution in [0.3, 0.4) is 0 Å². The van der Waals surface area contributed by atoms with Crippen LogP contribution in [0.15, 0.2) is 0 Å². The third-order valence-electron chi connectivity index (χ3n) is 4.17. The second kappa shape index (κ2) is 4.00. The van der Waals surface area contributed by atoms with E-state index in [0.29, 0.717) is 0 Å². The van der Waals surface area contributed by atoms with E-state index in [1.54, 1.807) is 0 Å². The molecule has 76 valence electrons. The van der Waals surface area contributed by atoms with Gasteiger partial charge >= 0.3 is 0 Å². The molecule has 0 amide bonds. The average Bonchev–Trinajstić information content (AvgIpc) is 2.22. The van der Waals surface area contributed by atoms with Crippen LogP contribution >= 0.6 is 0 Å². The van der Waals surface area contributed by atoms with Crippen molar-refractivity contribution >= 4 is 0 Å². The van der Waals surface area contributed by atoms with Crippen molar-refractivity contribution < 1.29 is 0 Å². The van der Waals surface area contributed by atoms with Gasteiger partial charge in [0.15, 0.2) is 0 Å². The fraction of sp³-hybridized carbons (Fsp3) is 1.00. The summed E-state index contributed by atoms with van der Waals surface area (Å²) in [7, 11) is 0. The Morgan fingerprint density at radius 1 is 1.08 bits per heavy atom. The lowest BCUT2D eigenvalue weighted by Crippen LogP contribution is -2.52. The average molecular weight is 181 g/mol. The molecular weight excluding hydrogens is 158 g/mol. The van der Waals surface area contributed by atoms with Gasteiger partial charge in [-0.05, 0) is 44.4 Å². The molecule has 0 unspecified atom stereocenters. The lowest BCUT2D eigenvalue weighted by atomic mass is 9.79. The van der Waals surface area contributed by atoms with Gasteiger partial charge < -0.3 is 0 Å². The van der Waals surface area contributed by atoms with Gasteiger partial charge in [0.2, 0.25) is 0 Å². The van der Waals surface area contributed by atoms with Gasteiger partial charge in [-0.2, -0.15) is 0 Å². The Kier molecular flexibility index (Phi) is 2.92. The van der Waals surface area contributed by atoms with Gasteiger partial charge in [-0.25, -0.2) is 0 Å².